The number of hydrogen-bond donors (Lipinski definition) is 2. The summed E-state index contributed by atoms with van der Waals surface area (Å²) in [4.78, 5) is 1.70. The molecule has 0 atom stereocenters. The smallest absolute Gasteiger partial charge is 0.124 e. The summed E-state index contributed by atoms with van der Waals surface area (Å²) in [5.41, 5.74) is 7.27. The molecule has 0 saturated heterocycles. The lowest BCUT2D eigenvalue weighted by molar-refractivity contribution is 0.624. The summed E-state index contributed by atoms with van der Waals surface area (Å²) in [6.45, 7) is 1.95. The maximum absolute atomic E-state index is 13.1. The summed E-state index contributed by atoms with van der Waals surface area (Å²) >= 11 is 1.42. The van der Waals surface area contributed by atoms with Gasteiger partial charge in [0.1, 0.15) is 11.7 Å². The molecule has 0 aromatic heterocycles. The van der Waals surface area contributed by atoms with Gasteiger partial charge in [-0.25, -0.2) is 4.39 Å². The Kier molecular flexibility index (Phi) is 3.67. The summed E-state index contributed by atoms with van der Waals surface area (Å²) in [6.07, 6.45) is 0. The second kappa shape index (κ2) is 5.23. The zero-order chi connectivity index (χ0) is 13.1. The fraction of sp³-hybridized carbons (Fsp3) is 0.0714. The van der Waals surface area contributed by atoms with Crippen molar-refractivity contribution in [1.29, 1.82) is 5.41 Å². The summed E-state index contributed by atoms with van der Waals surface area (Å²) in [7, 11) is 0. The van der Waals surface area contributed by atoms with E-state index in [1.165, 1.54) is 23.9 Å². The molecular formula is C14H13FN2S. The molecular weight excluding hydrogens is 247 g/mol. The summed E-state index contributed by atoms with van der Waals surface area (Å²) < 4.78 is 13.1. The molecule has 0 unspecified atom stereocenters. The molecule has 0 saturated carbocycles. The van der Waals surface area contributed by atoms with Gasteiger partial charge in [-0.05, 0) is 30.7 Å². The topological polar surface area (TPSA) is 49.9 Å². The molecule has 0 amide bonds. The fourth-order valence-electron chi connectivity index (χ4n) is 1.65. The molecule has 4 heteroatoms. The molecule has 18 heavy (non-hydrogen) atoms. The Morgan fingerprint density at radius 3 is 2.61 bits per heavy atom. The van der Waals surface area contributed by atoms with Crippen LogP contribution in [0.5, 0.6) is 0 Å². The number of benzene rings is 2. The van der Waals surface area contributed by atoms with Crippen molar-refractivity contribution >= 4 is 17.6 Å². The lowest BCUT2D eigenvalue weighted by Crippen LogP contribution is -2.12. The summed E-state index contributed by atoms with van der Waals surface area (Å²) in [5.74, 6) is -0.240. The van der Waals surface area contributed by atoms with E-state index in [4.69, 9.17) is 11.1 Å². The molecule has 0 aliphatic heterocycles. The summed E-state index contributed by atoms with van der Waals surface area (Å²) in [6, 6.07) is 12.0. The van der Waals surface area contributed by atoms with E-state index in [2.05, 4.69) is 0 Å². The molecule has 2 rings (SSSR count). The maximum atomic E-state index is 13.1. The van der Waals surface area contributed by atoms with E-state index in [-0.39, 0.29) is 11.7 Å². The van der Waals surface area contributed by atoms with E-state index in [0.29, 0.717) is 5.56 Å². The van der Waals surface area contributed by atoms with Crippen molar-refractivity contribution < 1.29 is 4.39 Å². The minimum absolute atomic E-state index is 0.0256. The average Bonchev–Trinajstić information content (AvgIpc) is 2.31. The number of nitrogen functional groups attached to an aromatic ring is 1. The van der Waals surface area contributed by atoms with Gasteiger partial charge < -0.3 is 5.73 Å². The van der Waals surface area contributed by atoms with Crippen molar-refractivity contribution in [1.82, 2.24) is 0 Å². The largest absolute Gasteiger partial charge is 0.384 e. The number of rotatable bonds is 3. The lowest BCUT2D eigenvalue weighted by atomic mass is 10.1. The van der Waals surface area contributed by atoms with Gasteiger partial charge in [0.25, 0.3) is 0 Å². The number of hydrogen-bond acceptors (Lipinski definition) is 2. The van der Waals surface area contributed by atoms with Crippen molar-refractivity contribution in [2.24, 2.45) is 5.73 Å². The predicted octanol–water partition coefficient (Wildman–Crippen LogP) is 3.57. The standard InChI is InChI=1S/C14H13FN2S/c1-9-4-2-7-12(14(16)17)13(9)18-11-6-3-5-10(15)8-11/h2-8H,1H3,(H3,16,17). The van der Waals surface area contributed by atoms with Gasteiger partial charge in [-0.1, -0.05) is 36.0 Å². The first-order chi connectivity index (χ1) is 8.58. The van der Waals surface area contributed by atoms with E-state index in [1.807, 2.05) is 25.1 Å². The van der Waals surface area contributed by atoms with Crippen molar-refractivity contribution in [2.75, 3.05) is 0 Å². The van der Waals surface area contributed by atoms with Crippen LogP contribution in [0.1, 0.15) is 11.1 Å². The summed E-state index contributed by atoms with van der Waals surface area (Å²) in [5, 5.41) is 7.57. The van der Waals surface area contributed by atoms with Crippen LogP contribution in [0, 0.1) is 18.2 Å². The van der Waals surface area contributed by atoms with Gasteiger partial charge in [0, 0.05) is 15.4 Å². The third kappa shape index (κ3) is 2.71. The molecule has 2 aromatic carbocycles. The van der Waals surface area contributed by atoms with Gasteiger partial charge in [0.15, 0.2) is 0 Å². The minimum Gasteiger partial charge on any atom is -0.384 e. The van der Waals surface area contributed by atoms with Gasteiger partial charge in [-0.15, -0.1) is 0 Å². The van der Waals surface area contributed by atoms with Gasteiger partial charge in [-0.3, -0.25) is 5.41 Å². The number of nitrogens with one attached hydrogen (secondary N) is 1. The highest BCUT2D eigenvalue weighted by molar-refractivity contribution is 7.99. The zero-order valence-electron chi connectivity index (χ0n) is 9.91. The van der Waals surface area contributed by atoms with Crippen molar-refractivity contribution in [3.8, 4) is 0 Å². The Labute approximate surface area is 110 Å². The number of halogens is 1. The van der Waals surface area contributed by atoms with Crippen molar-refractivity contribution in [2.45, 2.75) is 16.7 Å². The van der Waals surface area contributed by atoms with E-state index in [1.54, 1.807) is 12.1 Å². The van der Waals surface area contributed by atoms with Crippen LogP contribution < -0.4 is 5.73 Å². The highest BCUT2D eigenvalue weighted by atomic mass is 32.2. The Morgan fingerprint density at radius 1 is 1.22 bits per heavy atom. The molecule has 2 nitrogen and oxygen atoms in total. The maximum Gasteiger partial charge on any atom is 0.124 e. The molecule has 92 valence electrons. The Bertz CT molecular complexity index is 596. The second-order valence-corrected chi connectivity index (χ2v) is 5.01. The van der Waals surface area contributed by atoms with Gasteiger partial charge >= 0.3 is 0 Å². The van der Waals surface area contributed by atoms with Crippen LogP contribution in [0.3, 0.4) is 0 Å². The van der Waals surface area contributed by atoms with Crippen LogP contribution in [-0.4, -0.2) is 5.84 Å². The first-order valence-corrected chi connectivity index (χ1v) is 6.27. The van der Waals surface area contributed by atoms with Crippen LogP contribution in [0.2, 0.25) is 0 Å². The minimum atomic E-state index is -0.266. The third-order valence-corrected chi connectivity index (χ3v) is 3.75. The van der Waals surface area contributed by atoms with E-state index in [0.717, 1.165) is 15.4 Å². The lowest BCUT2D eigenvalue weighted by Gasteiger charge is -2.11. The van der Waals surface area contributed by atoms with Crippen LogP contribution in [0.4, 0.5) is 4.39 Å². The van der Waals surface area contributed by atoms with Crippen LogP contribution in [-0.2, 0) is 0 Å². The molecule has 2 aromatic rings. The molecule has 0 bridgehead atoms. The van der Waals surface area contributed by atoms with Gasteiger partial charge in [0.05, 0.1) is 0 Å². The zero-order valence-corrected chi connectivity index (χ0v) is 10.7. The fourth-order valence-corrected chi connectivity index (χ4v) is 2.72. The molecule has 3 N–H and O–H groups in total. The normalized spacial score (nSPS) is 10.3. The average molecular weight is 260 g/mol. The quantitative estimate of drug-likeness (QED) is 0.654. The van der Waals surface area contributed by atoms with Gasteiger partial charge in [-0.2, -0.15) is 0 Å². The molecule has 0 aliphatic carbocycles. The molecule has 0 fully saturated rings. The highest BCUT2D eigenvalue weighted by Gasteiger charge is 2.10. The predicted molar refractivity (Wildman–Crippen MR) is 72.7 cm³/mol. The third-order valence-electron chi connectivity index (χ3n) is 2.52. The van der Waals surface area contributed by atoms with Crippen LogP contribution in [0.25, 0.3) is 0 Å². The van der Waals surface area contributed by atoms with Crippen molar-refractivity contribution in [3.05, 3.63) is 59.4 Å². The van der Waals surface area contributed by atoms with Crippen molar-refractivity contribution in [3.63, 3.8) is 0 Å². The van der Waals surface area contributed by atoms with E-state index < -0.39 is 0 Å². The molecule has 0 heterocycles. The van der Waals surface area contributed by atoms with Crippen LogP contribution >= 0.6 is 11.8 Å². The van der Waals surface area contributed by atoms with E-state index in [9.17, 15) is 4.39 Å². The SMILES string of the molecule is Cc1cccc(C(=N)N)c1Sc1cccc(F)c1. The molecule has 0 aliphatic rings. The number of nitrogens with two attached hydrogens (primary N) is 1. The Morgan fingerprint density at radius 2 is 1.94 bits per heavy atom. The van der Waals surface area contributed by atoms with Crippen LogP contribution in [0.15, 0.2) is 52.3 Å². The highest BCUT2D eigenvalue weighted by Crippen LogP contribution is 2.33. The molecule has 0 radical (unpaired) electrons. The van der Waals surface area contributed by atoms with Gasteiger partial charge in [0.2, 0.25) is 0 Å². The number of amidine groups is 1. The first-order valence-electron chi connectivity index (χ1n) is 5.45. The first kappa shape index (κ1) is 12.6. The number of aryl methyl sites for hydroxylation is 1. The van der Waals surface area contributed by atoms with E-state index >= 15 is 0 Å². The Balaban J connectivity index is 2.42. The second-order valence-electron chi connectivity index (χ2n) is 3.92. The monoisotopic (exact) mass is 260 g/mol. The molecule has 0 spiro atoms. The Hall–Kier alpha value is -1.81.